The van der Waals surface area contributed by atoms with Gasteiger partial charge >= 0.3 is 0 Å². The summed E-state index contributed by atoms with van der Waals surface area (Å²) in [5.74, 6) is 0.236. The molecule has 2 aromatic carbocycles. The van der Waals surface area contributed by atoms with E-state index in [2.05, 4.69) is 22.9 Å². The normalized spacial score (nSPS) is 14.0. The van der Waals surface area contributed by atoms with E-state index in [9.17, 15) is 9.50 Å². The summed E-state index contributed by atoms with van der Waals surface area (Å²) in [5, 5.41) is 11.2. The number of nitrogens with zero attached hydrogens (tertiary/aromatic N) is 2. The molecule has 132 valence electrons. The van der Waals surface area contributed by atoms with Crippen LogP contribution in [0.25, 0.3) is 10.2 Å². The molecule has 2 atom stereocenters. The average Bonchev–Trinajstić information content (AvgIpc) is 3.04. The molecule has 1 N–H and O–H groups in total. The molecular formula is C19H21FN2O2S. The van der Waals surface area contributed by atoms with Gasteiger partial charge in [0.15, 0.2) is 0 Å². The van der Waals surface area contributed by atoms with Gasteiger partial charge in [-0.25, -0.2) is 9.37 Å². The van der Waals surface area contributed by atoms with Gasteiger partial charge in [0.2, 0.25) is 0 Å². The Morgan fingerprint density at radius 2 is 1.92 bits per heavy atom. The fourth-order valence-electron chi connectivity index (χ4n) is 2.52. The third kappa shape index (κ3) is 4.54. The highest BCUT2D eigenvalue weighted by atomic mass is 32.1. The lowest BCUT2D eigenvalue weighted by molar-refractivity contribution is 0.0653. The van der Waals surface area contributed by atoms with E-state index < -0.39 is 6.10 Å². The molecule has 1 heterocycles. The second kappa shape index (κ2) is 7.91. The quantitative estimate of drug-likeness (QED) is 0.695. The SMILES string of the molecule is C[C@H](c1nc2ccccc2s1)N(C)C[C@H](O)COc1ccc(F)cc1. The number of fused-ring (bicyclic) bond motifs is 1. The monoisotopic (exact) mass is 360 g/mol. The summed E-state index contributed by atoms with van der Waals surface area (Å²) in [5.41, 5.74) is 1.00. The second-order valence-corrected chi connectivity index (χ2v) is 7.12. The van der Waals surface area contributed by atoms with Gasteiger partial charge < -0.3 is 9.84 Å². The van der Waals surface area contributed by atoms with Gasteiger partial charge in [0.05, 0.1) is 16.3 Å². The first-order valence-corrected chi connectivity index (χ1v) is 8.96. The van der Waals surface area contributed by atoms with Crippen molar-refractivity contribution in [2.45, 2.75) is 19.1 Å². The van der Waals surface area contributed by atoms with E-state index in [4.69, 9.17) is 4.74 Å². The first-order valence-electron chi connectivity index (χ1n) is 8.15. The van der Waals surface area contributed by atoms with Gasteiger partial charge in [0, 0.05) is 6.54 Å². The number of hydrogen-bond donors (Lipinski definition) is 1. The molecule has 0 bridgehead atoms. The molecule has 0 aliphatic heterocycles. The van der Waals surface area contributed by atoms with Gasteiger partial charge in [-0.2, -0.15) is 0 Å². The molecule has 0 unspecified atom stereocenters. The molecule has 0 aliphatic carbocycles. The van der Waals surface area contributed by atoms with Crippen LogP contribution in [-0.4, -0.2) is 41.3 Å². The first kappa shape index (κ1) is 17.8. The minimum Gasteiger partial charge on any atom is -0.491 e. The Bertz CT molecular complexity index is 789. The lowest BCUT2D eigenvalue weighted by Crippen LogP contribution is -2.34. The van der Waals surface area contributed by atoms with Crippen LogP contribution >= 0.6 is 11.3 Å². The third-order valence-electron chi connectivity index (χ3n) is 4.08. The molecule has 0 spiro atoms. The Morgan fingerprint density at radius 1 is 1.20 bits per heavy atom. The summed E-state index contributed by atoms with van der Waals surface area (Å²) in [6.07, 6.45) is -0.646. The van der Waals surface area contributed by atoms with E-state index in [-0.39, 0.29) is 18.5 Å². The maximum absolute atomic E-state index is 12.9. The smallest absolute Gasteiger partial charge is 0.123 e. The van der Waals surface area contributed by atoms with E-state index >= 15 is 0 Å². The van der Waals surface area contributed by atoms with E-state index in [1.165, 1.54) is 12.1 Å². The predicted molar refractivity (Wildman–Crippen MR) is 98.6 cm³/mol. The topological polar surface area (TPSA) is 45.6 Å². The number of benzene rings is 2. The van der Waals surface area contributed by atoms with E-state index in [1.54, 1.807) is 23.5 Å². The molecule has 0 amide bonds. The van der Waals surface area contributed by atoms with Crippen LogP contribution in [0.5, 0.6) is 5.75 Å². The number of para-hydroxylation sites is 1. The zero-order valence-electron chi connectivity index (χ0n) is 14.2. The molecule has 1 aromatic heterocycles. The van der Waals surface area contributed by atoms with Gasteiger partial charge in [0.25, 0.3) is 0 Å². The number of hydrogen-bond acceptors (Lipinski definition) is 5. The fraction of sp³-hybridized carbons (Fsp3) is 0.316. The molecule has 4 nitrogen and oxygen atoms in total. The van der Waals surface area contributed by atoms with Crippen molar-refractivity contribution in [3.8, 4) is 5.75 Å². The van der Waals surface area contributed by atoms with Crippen LogP contribution in [0.3, 0.4) is 0 Å². The third-order valence-corrected chi connectivity index (χ3v) is 5.29. The molecular weight excluding hydrogens is 339 g/mol. The molecule has 0 saturated heterocycles. The van der Waals surface area contributed by atoms with Gasteiger partial charge in [-0.1, -0.05) is 12.1 Å². The highest BCUT2D eigenvalue weighted by Crippen LogP contribution is 2.28. The zero-order valence-corrected chi connectivity index (χ0v) is 15.0. The molecule has 25 heavy (non-hydrogen) atoms. The van der Waals surface area contributed by atoms with Crippen LogP contribution in [0.2, 0.25) is 0 Å². The van der Waals surface area contributed by atoms with Crippen LogP contribution in [0.4, 0.5) is 4.39 Å². The molecule has 3 rings (SSSR count). The Morgan fingerprint density at radius 3 is 2.64 bits per heavy atom. The number of aromatic nitrogens is 1. The maximum atomic E-state index is 12.9. The summed E-state index contributed by atoms with van der Waals surface area (Å²) < 4.78 is 19.5. The van der Waals surface area contributed by atoms with Crippen molar-refractivity contribution in [1.29, 1.82) is 0 Å². The maximum Gasteiger partial charge on any atom is 0.123 e. The number of aliphatic hydroxyl groups excluding tert-OH is 1. The number of rotatable bonds is 7. The van der Waals surface area contributed by atoms with Crippen LogP contribution in [-0.2, 0) is 0 Å². The van der Waals surface area contributed by atoms with Gasteiger partial charge in [-0.15, -0.1) is 11.3 Å². The minimum absolute atomic E-state index is 0.0953. The van der Waals surface area contributed by atoms with Crippen molar-refractivity contribution in [2.24, 2.45) is 0 Å². The molecule has 0 aliphatic rings. The molecule has 0 saturated carbocycles. The number of likely N-dealkylation sites (N-methyl/N-ethyl adjacent to an activating group) is 1. The van der Waals surface area contributed by atoms with Gasteiger partial charge in [-0.05, 0) is 50.4 Å². The van der Waals surface area contributed by atoms with Crippen LogP contribution in [0.1, 0.15) is 18.0 Å². The number of aliphatic hydroxyl groups is 1. The summed E-state index contributed by atoms with van der Waals surface area (Å²) in [7, 11) is 1.96. The zero-order chi connectivity index (χ0) is 17.8. The number of halogens is 1. The fourth-order valence-corrected chi connectivity index (χ4v) is 3.61. The summed E-state index contributed by atoms with van der Waals surface area (Å²) in [6, 6.07) is 13.9. The lowest BCUT2D eigenvalue weighted by Gasteiger charge is -2.25. The van der Waals surface area contributed by atoms with Crippen LogP contribution < -0.4 is 4.74 Å². The predicted octanol–water partition coefficient (Wildman–Crippen LogP) is 3.87. The molecule has 6 heteroatoms. The van der Waals surface area contributed by atoms with Gasteiger partial charge in [0.1, 0.15) is 29.3 Å². The minimum atomic E-state index is -0.646. The molecule has 0 fully saturated rings. The van der Waals surface area contributed by atoms with E-state index in [1.807, 2.05) is 25.2 Å². The van der Waals surface area contributed by atoms with Crippen molar-refractivity contribution >= 4 is 21.6 Å². The van der Waals surface area contributed by atoms with E-state index in [0.717, 1.165) is 15.2 Å². The first-order chi connectivity index (χ1) is 12.0. The standard InChI is InChI=1S/C19H21FN2O2S/c1-13(19-21-17-5-3-4-6-18(17)25-19)22(2)11-15(23)12-24-16-9-7-14(20)8-10-16/h3-10,13,15,23H,11-12H2,1-2H3/t13-,15+/m1/s1. The van der Waals surface area contributed by atoms with Crippen molar-refractivity contribution < 1.29 is 14.2 Å². The largest absolute Gasteiger partial charge is 0.491 e. The number of ether oxygens (including phenoxy) is 1. The van der Waals surface area contributed by atoms with Crippen molar-refractivity contribution in [1.82, 2.24) is 9.88 Å². The summed E-state index contributed by atoms with van der Waals surface area (Å²) in [6.45, 7) is 2.69. The molecule has 0 radical (unpaired) electrons. The van der Waals surface area contributed by atoms with Gasteiger partial charge in [-0.3, -0.25) is 4.90 Å². The Labute approximate surface area is 150 Å². The van der Waals surface area contributed by atoms with E-state index in [0.29, 0.717) is 12.3 Å². The van der Waals surface area contributed by atoms with Crippen LogP contribution in [0.15, 0.2) is 48.5 Å². The van der Waals surface area contributed by atoms with Crippen molar-refractivity contribution in [3.63, 3.8) is 0 Å². The Kier molecular flexibility index (Phi) is 5.63. The van der Waals surface area contributed by atoms with Crippen molar-refractivity contribution in [2.75, 3.05) is 20.2 Å². The lowest BCUT2D eigenvalue weighted by atomic mass is 10.2. The average molecular weight is 360 g/mol. The highest BCUT2D eigenvalue weighted by molar-refractivity contribution is 7.18. The highest BCUT2D eigenvalue weighted by Gasteiger charge is 2.19. The summed E-state index contributed by atoms with van der Waals surface area (Å²) >= 11 is 1.67. The number of thiazole rings is 1. The van der Waals surface area contributed by atoms with Crippen LogP contribution in [0, 0.1) is 5.82 Å². The second-order valence-electron chi connectivity index (χ2n) is 6.05. The Balaban J connectivity index is 1.54. The molecule has 3 aromatic rings. The summed E-state index contributed by atoms with van der Waals surface area (Å²) in [4.78, 5) is 6.72. The Hall–Kier alpha value is -2.02. The van der Waals surface area contributed by atoms with Crippen molar-refractivity contribution in [3.05, 3.63) is 59.4 Å².